The molecule has 0 spiro atoms. The van der Waals surface area contributed by atoms with E-state index < -0.39 is 0 Å². The van der Waals surface area contributed by atoms with Crippen LogP contribution in [0.25, 0.3) is 0 Å². The van der Waals surface area contributed by atoms with Gasteiger partial charge in [-0.05, 0) is 35.2 Å². The van der Waals surface area contributed by atoms with E-state index in [0.29, 0.717) is 5.92 Å². The van der Waals surface area contributed by atoms with Gasteiger partial charge in [-0.2, -0.15) is 4.80 Å². The largest absolute Gasteiger partial charge is 0.175 e. The Morgan fingerprint density at radius 1 is 1.39 bits per heavy atom. The maximum atomic E-state index is 5.99. The van der Waals surface area contributed by atoms with Crippen LogP contribution < -0.4 is 0 Å². The van der Waals surface area contributed by atoms with Gasteiger partial charge in [-0.15, -0.1) is 10.2 Å². The number of rotatable bonds is 5. The van der Waals surface area contributed by atoms with Crippen molar-refractivity contribution in [1.29, 1.82) is 0 Å². The summed E-state index contributed by atoms with van der Waals surface area (Å²) in [7, 11) is 1.77. The maximum absolute atomic E-state index is 5.99. The summed E-state index contributed by atoms with van der Waals surface area (Å²) in [5, 5.41) is 13.7. The van der Waals surface area contributed by atoms with Crippen LogP contribution in [0.2, 0.25) is 5.02 Å². The Hall–Kier alpha value is -0.940. The van der Waals surface area contributed by atoms with E-state index in [1.807, 2.05) is 18.2 Å². The number of nitrogens with zero attached hydrogens (tertiary/aromatic N) is 4. The summed E-state index contributed by atoms with van der Waals surface area (Å²) in [6.45, 7) is 0. The van der Waals surface area contributed by atoms with E-state index in [1.54, 1.807) is 7.05 Å². The Bertz CT molecular complexity index is 514. The first-order chi connectivity index (χ1) is 8.67. The van der Waals surface area contributed by atoms with Gasteiger partial charge < -0.3 is 0 Å². The molecule has 0 N–H and O–H groups in total. The molecule has 1 aromatic carbocycles. The van der Waals surface area contributed by atoms with E-state index in [4.69, 9.17) is 11.6 Å². The smallest absolute Gasteiger partial charge is 0.167 e. The molecule has 96 valence electrons. The highest BCUT2D eigenvalue weighted by molar-refractivity contribution is 9.09. The van der Waals surface area contributed by atoms with Crippen molar-refractivity contribution in [3.05, 3.63) is 40.7 Å². The van der Waals surface area contributed by atoms with Crippen LogP contribution in [0, 0.1) is 5.92 Å². The number of aromatic nitrogens is 4. The van der Waals surface area contributed by atoms with Crippen molar-refractivity contribution in [3.8, 4) is 0 Å². The van der Waals surface area contributed by atoms with Gasteiger partial charge in [0.05, 0.1) is 7.05 Å². The number of halogens is 2. The molecule has 0 radical (unpaired) electrons. The van der Waals surface area contributed by atoms with Crippen LogP contribution in [0.3, 0.4) is 0 Å². The summed E-state index contributed by atoms with van der Waals surface area (Å²) in [5.74, 6) is 1.22. The van der Waals surface area contributed by atoms with Crippen molar-refractivity contribution in [2.75, 3.05) is 5.33 Å². The molecule has 1 aromatic heterocycles. The number of aryl methyl sites for hydroxylation is 1. The zero-order valence-electron chi connectivity index (χ0n) is 10.1. The minimum atomic E-state index is 0.438. The van der Waals surface area contributed by atoms with Gasteiger partial charge in [0.25, 0.3) is 0 Å². The quantitative estimate of drug-likeness (QED) is 0.792. The lowest BCUT2D eigenvalue weighted by Gasteiger charge is -2.11. The predicted octanol–water partition coefficient (Wildman–Crippen LogP) is 2.66. The van der Waals surface area contributed by atoms with E-state index in [2.05, 4.69) is 37.4 Å². The summed E-state index contributed by atoms with van der Waals surface area (Å²) in [6, 6.07) is 7.95. The average Bonchev–Trinajstić information content (AvgIpc) is 2.74. The third-order valence-corrected chi connectivity index (χ3v) is 3.80. The molecule has 0 aliphatic carbocycles. The Kier molecular flexibility index (Phi) is 4.72. The van der Waals surface area contributed by atoms with Crippen LogP contribution in [0.1, 0.15) is 11.4 Å². The molecule has 1 heterocycles. The SMILES string of the molecule is Cn1nnc(CC(CBr)Cc2cccc(Cl)c2)n1. The van der Waals surface area contributed by atoms with Crippen LogP contribution in [-0.4, -0.2) is 25.5 Å². The molecule has 0 saturated heterocycles. The Balaban J connectivity index is 2.01. The van der Waals surface area contributed by atoms with E-state index in [0.717, 1.165) is 29.0 Å². The monoisotopic (exact) mass is 328 g/mol. The van der Waals surface area contributed by atoms with Crippen LogP contribution >= 0.6 is 27.5 Å². The van der Waals surface area contributed by atoms with Crippen molar-refractivity contribution in [2.45, 2.75) is 12.8 Å². The molecule has 0 aliphatic rings. The van der Waals surface area contributed by atoms with Gasteiger partial charge in [0.1, 0.15) is 0 Å². The van der Waals surface area contributed by atoms with Gasteiger partial charge in [-0.25, -0.2) is 0 Å². The molecule has 6 heteroatoms. The first-order valence-corrected chi connectivity index (χ1v) is 7.20. The number of benzene rings is 1. The molecule has 0 saturated carbocycles. The van der Waals surface area contributed by atoms with E-state index in [-0.39, 0.29) is 0 Å². The molecule has 18 heavy (non-hydrogen) atoms. The minimum absolute atomic E-state index is 0.438. The highest BCUT2D eigenvalue weighted by Crippen LogP contribution is 2.18. The molecular formula is C12H14BrClN4. The van der Waals surface area contributed by atoms with Crippen molar-refractivity contribution in [2.24, 2.45) is 13.0 Å². The molecule has 4 nitrogen and oxygen atoms in total. The van der Waals surface area contributed by atoms with E-state index in [9.17, 15) is 0 Å². The van der Waals surface area contributed by atoms with Gasteiger partial charge in [-0.3, -0.25) is 0 Å². The second-order valence-electron chi connectivity index (χ2n) is 4.25. The first kappa shape index (κ1) is 13.5. The fourth-order valence-corrected chi connectivity index (χ4v) is 2.51. The highest BCUT2D eigenvalue weighted by atomic mass is 79.9. The molecular weight excluding hydrogens is 316 g/mol. The lowest BCUT2D eigenvalue weighted by Crippen LogP contribution is -2.11. The van der Waals surface area contributed by atoms with Crippen LogP contribution in [0.15, 0.2) is 24.3 Å². The Morgan fingerprint density at radius 3 is 2.83 bits per heavy atom. The number of alkyl halides is 1. The lowest BCUT2D eigenvalue weighted by molar-refractivity contribution is 0.566. The van der Waals surface area contributed by atoms with Crippen molar-refractivity contribution in [3.63, 3.8) is 0 Å². The third kappa shape index (κ3) is 3.78. The molecule has 0 fully saturated rings. The molecule has 1 unspecified atom stereocenters. The van der Waals surface area contributed by atoms with E-state index in [1.165, 1.54) is 10.4 Å². The summed E-state index contributed by atoms with van der Waals surface area (Å²) in [5.41, 5.74) is 1.23. The standard InChI is InChI=1S/C12H14BrClN4/c1-18-16-12(15-17-18)7-10(8-13)5-9-3-2-4-11(14)6-9/h2-4,6,10H,5,7-8H2,1H3. The topological polar surface area (TPSA) is 43.6 Å². The summed E-state index contributed by atoms with van der Waals surface area (Å²) in [6.07, 6.45) is 1.76. The van der Waals surface area contributed by atoms with Crippen LogP contribution in [-0.2, 0) is 19.9 Å². The highest BCUT2D eigenvalue weighted by Gasteiger charge is 2.13. The van der Waals surface area contributed by atoms with Crippen LogP contribution in [0.4, 0.5) is 0 Å². The van der Waals surface area contributed by atoms with Gasteiger partial charge >= 0.3 is 0 Å². The minimum Gasteiger partial charge on any atom is -0.167 e. The Labute approximate surface area is 119 Å². The number of hydrogen-bond donors (Lipinski definition) is 0. The molecule has 0 aliphatic heterocycles. The van der Waals surface area contributed by atoms with Gasteiger partial charge in [-0.1, -0.05) is 39.7 Å². The Morgan fingerprint density at radius 2 is 2.22 bits per heavy atom. The normalized spacial score (nSPS) is 12.6. The molecule has 0 bridgehead atoms. The predicted molar refractivity (Wildman–Crippen MR) is 74.9 cm³/mol. The maximum Gasteiger partial charge on any atom is 0.175 e. The number of hydrogen-bond acceptors (Lipinski definition) is 3. The third-order valence-electron chi connectivity index (χ3n) is 2.65. The van der Waals surface area contributed by atoms with Gasteiger partial charge in [0.2, 0.25) is 0 Å². The molecule has 0 amide bonds. The summed E-state index contributed by atoms with van der Waals surface area (Å²) in [4.78, 5) is 1.49. The molecule has 1 atom stereocenters. The zero-order valence-corrected chi connectivity index (χ0v) is 12.4. The van der Waals surface area contributed by atoms with Crippen molar-refractivity contribution < 1.29 is 0 Å². The number of tetrazole rings is 1. The second kappa shape index (κ2) is 6.29. The van der Waals surface area contributed by atoms with Crippen molar-refractivity contribution in [1.82, 2.24) is 20.2 Å². The van der Waals surface area contributed by atoms with Crippen molar-refractivity contribution >= 4 is 27.5 Å². The fraction of sp³-hybridized carbons (Fsp3) is 0.417. The lowest BCUT2D eigenvalue weighted by atomic mass is 9.98. The van der Waals surface area contributed by atoms with E-state index >= 15 is 0 Å². The first-order valence-electron chi connectivity index (χ1n) is 5.70. The fourth-order valence-electron chi connectivity index (χ4n) is 1.84. The van der Waals surface area contributed by atoms with Crippen LogP contribution in [0.5, 0.6) is 0 Å². The zero-order chi connectivity index (χ0) is 13.0. The average molecular weight is 330 g/mol. The summed E-state index contributed by atoms with van der Waals surface area (Å²) < 4.78 is 0. The molecule has 2 rings (SSSR count). The van der Waals surface area contributed by atoms with Gasteiger partial charge in [0.15, 0.2) is 5.82 Å². The second-order valence-corrected chi connectivity index (χ2v) is 5.34. The molecule has 2 aromatic rings. The van der Waals surface area contributed by atoms with Gasteiger partial charge in [0, 0.05) is 16.8 Å². The summed E-state index contributed by atoms with van der Waals surface area (Å²) >= 11 is 9.53.